The molecule has 0 atom stereocenters. The Morgan fingerprint density at radius 2 is 0.769 bits per heavy atom. The van der Waals surface area contributed by atoms with Crippen molar-refractivity contribution in [1.82, 2.24) is 16.0 Å². The quantitative estimate of drug-likeness (QED) is 0.509. The fourth-order valence-electron chi connectivity index (χ4n) is 1.58. The van der Waals surface area contributed by atoms with Crippen molar-refractivity contribution in [3.05, 3.63) is 0 Å². The zero-order valence-corrected chi connectivity index (χ0v) is 8.57. The smallest absolute Gasteiger partial charge is 0.00772 e. The van der Waals surface area contributed by atoms with E-state index >= 15 is 0 Å². The molecule has 0 aromatic heterocycles. The molecule has 0 amide bonds. The van der Waals surface area contributed by atoms with E-state index in [0.29, 0.717) is 0 Å². The summed E-state index contributed by atoms with van der Waals surface area (Å²) >= 11 is 0. The Morgan fingerprint density at radius 3 is 1.15 bits per heavy atom. The minimum atomic E-state index is 1.14. The summed E-state index contributed by atoms with van der Waals surface area (Å²) in [5, 5.41) is 9.79. The van der Waals surface area contributed by atoms with Crippen molar-refractivity contribution < 1.29 is 0 Å². The monoisotopic (exact) mass is 185 g/mol. The molecule has 0 aromatic carbocycles. The molecule has 0 aromatic rings. The van der Waals surface area contributed by atoms with E-state index in [0.717, 1.165) is 26.2 Å². The Kier molecular flexibility index (Phi) is 7.15. The molecule has 0 aliphatic carbocycles. The van der Waals surface area contributed by atoms with Crippen LogP contribution in [0, 0.1) is 0 Å². The Labute approximate surface area is 81.7 Å². The van der Waals surface area contributed by atoms with Gasteiger partial charge < -0.3 is 16.0 Å². The highest BCUT2D eigenvalue weighted by molar-refractivity contribution is 4.59. The fourth-order valence-corrected chi connectivity index (χ4v) is 1.58. The molecule has 78 valence electrons. The number of nitrogens with one attached hydrogen (secondary N) is 3. The van der Waals surface area contributed by atoms with E-state index in [1.165, 1.54) is 38.8 Å². The minimum Gasteiger partial charge on any atom is -0.317 e. The summed E-state index contributed by atoms with van der Waals surface area (Å²) in [7, 11) is 0. The molecule has 0 unspecified atom stereocenters. The third-order valence-electron chi connectivity index (χ3n) is 2.41. The number of hydrogen-bond donors (Lipinski definition) is 3. The molecule has 0 radical (unpaired) electrons. The van der Waals surface area contributed by atoms with Gasteiger partial charge in [-0.25, -0.2) is 0 Å². The molecular weight excluding hydrogens is 162 g/mol. The van der Waals surface area contributed by atoms with Crippen LogP contribution < -0.4 is 16.0 Å². The maximum absolute atomic E-state index is 3.35. The van der Waals surface area contributed by atoms with Crippen LogP contribution in [0.4, 0.5) is 0 Å². The zero-order chi connectivity index (χ0) is 9.19. The van der Waals surface area contributed by atoms with E-state index in [1.807, 2.05) is 0 Å². The SMILES string of the molecule is C1CCCNCC1.C1CNCCN1. The van der Waals surface area contributed by atoms with Crippen LogP contribution >= 0.6 is 0 Å². The normalized spacial score (nSPS) is 24.0. The van der Waals surface area contributed by atoms with Crippen LogP contribution in [0.25, 0.3) is 0 Å². The topological polar surface area (TPSA) is 36.1 Å². The van der Waals surface area contributed by atoms with Crippen molar-refractivity contribution in [2.75, 3.05) is 39.3 Å². The molecule has 2 aliphatic heterocycles. The summed E-state index contributed by atoms with van der Waals surface area (Å²) in [5.74, 6) is 0. The average Bonchev–Trinajstić information content (AvgIpc) is 2.53. The maximum atomic E-state index is 3.35. The number of hydrogen-bond acceptors (Lipinski definition) is 3. The molecule has 2 heterocycles. The first-order valence-corrected chi connectivity index (χ1v) is 5.62. The van der Waals surface area contributed by atoms with Crippen LogP contribution in [0.15, 0.2) is 0 Å². The third kappa shape index (κ3) is 6.99. The molecule has 2 rings (SSSR count). The van der Waals surface area contributed by atoms with Gasteiger partial charge in [-0.2, -0.15) is 0 Å². The van der Waals surface area contributed by atoms with Crippen LogP contribution in [0.1, 0.15) is 25.7 Å². The van der Waals surface area contributed by atoms with Gasteiger partial charge in [-0.3, -0.25) is 0 Å². The van der Waals surface area contributed by atoms with Crippen LogP contribution in [0.5, 0.6) is 0 Å². The zero-order valence-electron chi connectivity index (χ0n) is 8.57. The van der Waals surface area contributed by atoms with Crippen LogP contribution in [0.3, 0.4) is 0 Å². The van der Waals surface area contributed by atoms with Gasteiger partial charge in [0.2, 0.25) is 0 Å². The Bertz CT molecular complexity index is 71.2. The van der Waals surface area contributed by atoms with E-state index in [1.54, 1.807) is 0 Å². The van der Waals surface area contributed by atoms with Crippen LogP contribution in [-0.4, -0.2) is 39.3 Å². The molecular formula is C10H23N3. The van der Waals surface area contributed by atoms with Crippen LogP contribution in [-0.2, 0) is 0 Å². The maximum Gasteiger partial charge on any atom is 0.00772 e. The molecule has 0 spiro atoms. The van der Waals surface area contributed by atoms with Gasteiger partial charge in [0.1, 0.15) is 0 Å². The molecule has 0 bridgehead atoms. The highest BCUT2D eigenvalue weighted by Gasteiger charge is 1.94. The Balaban J connectivity index is 0.000000132. The molecule has 3 heteroatoms. The first-order valence-electron chi connectivity index (χ1n) is 5.62. The van der Waals surface area contributed by atoms with Gasteiger partial charge in [0.25, 0.3) is 0 Å². The predicted octanol–water partition coefficient (Wildman–Crippen LogP) is 0.329. The predicted molar refractivity (Wildman–Crippen MR) is 57.1 cm³/mol. The molecule has 2 fully saturated rings. The van der Waals surface area contributed by atoms with Gasteiger partial charge in [-0.05, 0) is 25.9 Å². The highest BCUT2D eigenvalue weighted by Crippen LogP contribution is 2.00. The van der Waals surface area contributed by atoms with E-state index in [4.69, 9.17) is 0 Å². The third-order valence-corrected chi connectivity index (χ3v) is 2.41. The second kappa shape index (κ2) is 8.48. The van der Waals surface area contributed by atoms with Crippen molar-refractivity contribution >= 4 is 0 Å². The standard InChI is InChI=1S/C6H13N.C4H10N2/c1-2-4-6-7-5-3-1;1-2-6-4-3-5-1/h7H,1-6H2;5-6H,1-4H2. The number of piperazine rings is 1. The van der Waals surface area contributed by atoms with Crippen molar-refractivity contribution in [1.29, 1.82) is 0 Å². The van der Waals surface area contributed by atoms with Crippen molar-refractivity contribution in [3.8, 4) is 0 Å². The first-order chi connectivity index (χ1) is 6.50. The van der Waals surface area contributed by atoms with E-state index in [2.05, 4.69) is 16.0 Å². The minimum absolute atomic E-state index is 1.14. The van der Waals surface area contributed by atoms with Gasteiger partial charge >= 0.3 is 0 Å². The molecule has 2 aliphatic rings. The van der Waals surface area contributed by atoms with Gasteiger partial charge in [-0.1, -0.05) is 12.8 Å². The number of rotatable bonds is 0. The average molecular weight is 185 g/mol. The molecule has 3 N–H and O–H groups in total. The van der Waals surface area contributed by atoms with E-state index in [9.17, 15) is 0 Å². The van der Waals surface area contributed by atoms with E-state index < -0.39 is 0 Å². The van der Waals surface area contributed by atoms with Gasteiger partial charge in [0.15, 0.2) is 0 Å². The largest absolute Gasteiger partial charge is 0.317 e. The Morgan fingerprint density at radius 1 is 0.385 bits per heavy atom. The lowest BCUT2D eigenvalue weighted by atomic mass is 10.2. The van der Waals surface area contributed by atoms with Crippen molar-refractivity contribution in [3.63, 3.8) is 0 Å². The lowest BCUT2D eigenvalue weighted by molar-refractivity contribution is 0.534. The fraction of sp³-hybridized carbons (Fsp3) is 1.00. The highest BCUT2D eigenvalue weighted by atomic mass is 15.0. The summed E-state index contributed by atoms with van der Waals surface area (Å²) in [6.45, 7) is 7.06. The van der Waals surface area contributed by atoms with Crippen molar-refractivity contribution in [2.24, 2.45) is 0 Å². The van der Waals surface area contributed by atoms with Crippen molar-refractivity contribution in [2.45, 2.75) is 25.7 Å². The van der Waals surface area contributed by atoms with Gasteiger partial charge in [-0.15, -0.1) is 0 Å². The second-order valence-electron chi connectivity index (χ2n) is 3.66. The van der Waals surface area contributed by atoms with Gasteiger partial charge in [0, 0.05) is 26.2 Å². The summed E-state index contributed by atoms with van der Waals surface area (Å²) in [5.41, 5.74) is 0. The summed E-state index contributed by atoms with van der Waals surface area (Å²) < 4.78 is 0. The lowest BCUT2D eigenvalue weighted by Crippen LogP contribution is -2.39. The molecule has 0 saturated carbocycles. The molecule has 2 saturated heterocycles. The second-order valence-corrected chi connectivity index (χ2v) is 3.66. The summed E-state index contributed by atoms with van der Waals surface area (Å²) in [6.07, 6.45) is 5.65. The first kappa shape index (κ1) is 11.0. The summed E-state index contributed by atoms with van der Waals surface area (Å²) in [4.78, 5) is 0. The molecule has 3 nitrogen and oxygen atoms in total. The van der Waals surface area contributed by atoms with Crippen LogP contribution in [0.2, 0.25) is 0 Å². The molecule has 13 heavy (non-hydrogen) atoms. The Hall–Kier alpha value is -0.120. The van der Waals surface area contributed by atoms with Gasteiger partial charge in [0.05, 0.1) is 0 Å². The summed E-state index contributed by atoms with van der Waals surface area (Å²) in [6, 6.07) is 0. The lowest BCUT2D eigenvalue weighted by Gasteiger charge is -2.11. The van der Waals surface area contributed by atoms with E-state index in [-0.39, 0.29) is 0 Å².